The summed E-state index contributed by atoms with van der Waals surface area (Å²) in [6.07, 6.45) is 0. The molecule has 4 aromatic rings. The van der Waals surface area contributed by atoms with E-state index in [2.05, 4.69) is 15.5 Å². The molecule has 0 aliphatic carbocycles. The minimum atomic E-state index is -0.431. The number of benzene rings is 2. The van der Waals surface area contributed by atoms with Gasteiger partial charge in [-0.15, -0.1) is 0 Å². The van der Waals surface area contributed by atoms with E-state index >= 15 is 0 Å². The molecule has 0 atom stereocenters. The Kier molecular flexibility index (Phi) is 6.31. The van der Waals surface area contributed by atoms with Crippen LogP contribution in [0.15, 0.2) is 94.5 Å². The van der Waals surface area contributed by atoms with E-state index in [9.17, 15) is 14.4 Å². The van der Waals surface area contributed by atoms with Crippen LogP contribution < -0.4 is 16.4 Å². The van der Waals surface area contributed by atoms with Crippen molar-refractivity contribution in [3.8, 4) is 11.3 Å². The number of carbonyl (C=O) groups excluding carboxylic acids is 1. The van der Waals surface area contributed by atoms with Crippen LogP contribution >= 0.6 is 0 Å². The third-order valence-electron chi connectivity index (χ3n) is 4.82. The quantitative estimate of drug-likeness (QED) is 0.486. The molecule has 2 aromatic heterocycles. The second kappa shape index (κ2) is 9.65. The molecule has 160 valence electrons. The average Bonchev–Trinajstić information content (AvgIpc) is 2.83. The van der Waals surface area contributed by atoms with Crippen molar-refractivity contribution < 1.29 is 4.79 Å². The zero-order valence-electron chi connectivity index (χ0n) is 17.2. The van der Waals surface area contributed by atoms with Gasteiger partial charge in [-0.1, -0.05) is 60.7 Å². The third-order valence-corrected chi connectivity index (χ3v) is 4.82. The summed E-state index contributed by atoms with van der Waals surface area (Å²) in [6.45, 7) is 0.658. The molecule has 32 heavy (non-hydrogen) atoms. The monoisotopic (exact) mass is 427 g/mol. The normalized spacial score (nSPS) is 10.6. The summed E-state index contributed by atoms with van der Waals surface area (Å²) < 4.78 is 2.56. The Morgan fingerprint density at radius 1 is 0.750 bits per heavy atom. The lowest BCUT2D eigenvalue weighted by atomic mass is 10.1. The smallest absolute Gasteiger partial charge is 0.271 e. The zero-order chi connectivity index (χ0) is 22.3. The molecule has 0 radical (unpaired) electrons. The Labute approximate surface area is 183 Å². The van der Waals surface area contributed by atoms with Crippen molar-refractivity contribution >= 4 is 5.91 Å². The highest BCUT2D eigenvalue weighted by atomic mass is 16.2. The number of carbonyl (C=O) groups is 1. The predicted octanol–water partition coefficient (Wildman–Crippen LogP) is 1.95. The van der Waals surface area contributed by atoms with Crippen LogP contribution in [0.4, 0.5) is 0 Å². The number of hydrogen-bond acceptors (Lipinski definition) is 5. The van der Waals surface area contributed by atoms with Gasteiger partial charge in [-0.2, -0.15) is 10.2 Å². The number of aromatic nitrogens is 4. The van der Waals surface area contributed by atoms with Gasteiger partial charge in [0.25, 0.3) is 17.0 Å². The molecular formula is C24H21N5O3. The van der Waals surface area contributed by atoms with Crippen LogP contribution in [0, 0.1) is 0 Å². The highest BCUT2D eigenvalue weighted by Crippen LogP contribution is 2.13. The van der Waals surface area contributed by atoms with Gasteiger partial charge in [-0.3, -0.25) is 14.4 Å². The van der Waals surface area contributed by atoms with Crippen molar-refractivity contribution in [3.63, 3.8) is 0 Å². The van der Waals surface area contributed by atoms with Gasteiger partial charge in [0.1, 0.15) is 5.69 Å². The number of hydrogen-bond donors (Lipinski definition) is 1. The fourth-order valence-corrected chi connectivity index (χ4v) is 3.18. The first kappa shape index (κ1) is 20.9. The molecule has 0 bridgehead atoms. The molecule has 0 aliphatic heterocycles. The second-order valence-electron chi connectivity index (χ2n) is 7.10. The summed E-state index contributed by atoms with van der Waals surface area (Å²) in [6, 6.07) is 24.8. The molecule has 1 amide bonds. The van der Waals surface area contributed by atoms with Crippen LogP contribution in [0.25, 0.3) is 11.3 Å². The second-order valence-corrected chi connectivity index (χ2v) is 7.10. The first-order chi connectivity index (χ1) is 15.6. The summed E-state index contributed by atoms with van der Waals surface area (Å²) in [5, 5.41) is 11.3. The van der Waals surface area contributed by atoms with Crippen LogP contribution in [0.3, 0.4) is 0 Å². The van der Waals surface area contributed by atoms with Gasteiger partial charge in [0, 0.05) is 24.2 Å². The highest BCUT2D eigenvalue weighted by molar-refractivity contribution is 5.91. The molecule has 0 unspecified atom stereocenters. The Bertz CT molecular complexity index is 1330. The predicted molar refractivity (Wildman–Crippen MR) is 120 cm³/mol. The van der Waals surface area contributed by atoms with E-state index in [4.69, 9.17) is 0 Å². The summed E-state index contributed by atoms with van der Waals surface area (Å²) >= 11 is 0. The van der Waals surface area contributed by atoms with Crippen molar-refractivity contribution in [1.82, 2.24) is 24.9 Å². The largest absolute Gasteiger partial charge is 0.349 e. The fourth-order valence-electron chi connectivity index (χ4n) is 3.18. The van der Waals surface area contributed by atoms with E-state index in [-0.39, 0.29) is 36.4 Å². The Morgan fingerprint density at radius 2 is 1.41 bits per heavy atom. The lowest BCUT2D eigenvalue weighted by molar-refractivity contribution is 0.0944. The molecule has 2 aromatic carbocycles. The molecule has 0 aliphatic rings. The first-order valence-electron chi connectivity index (χ1n) is 10.1. The van der Waals surface area contributed by atoms with Crippen LogP contribution in [0.2, 0.25) is 0 Å². The van der Waals surface area contributed by atoms with Gasteiger partial charge in [-0.25, -0.2) is 9.36 Å². The van der Waals surface area contributed by atoms with E-state index in [0.717, 1.165) is 11.1 Å². The average molecular weight is 427 g/mol. The summed E-state index contributed by atoms with van der Waals surface area (Å²) in [7, 11) is 0. The van der Waals surface area contributed by atoms with Crippen molar-refractivity contribution in [3.05, 3.63) is 117 Å². The Hall–Kier alpha value is -4.33. The van der Waals surface area contributed by atoms with Gasteiger partial charge in [-0.05, 0) is 17.7 Å². The summed E-state index contributed by atoms with van der Waals surface area (Å²) in [4.78, 5) is 36.8. The van der Waals surface area contributed by atoms with Gasteiger partial charge in [0.15, 0.2) is 0 Å². The van der Waals surface area contributed by atoms with Gasteiger partial charge < -0.3 is 5.32 Å². The maximum atomic E-state index is 12.5. The van der Waals surface area contributed by atoms with Crippen molar-refractivity contribution in [1.29, 1.82) is 0 Å². The van der Waals surface area contributed by atoms with Crippen LogP contribution in [0.1, 0.15) is 16.1 Å². The first-order valence-corrected chi connectivity index (χ1v) is 10.1. The molecule has 8 heteroatoms. The minimum Gasteiger partial charge on any atom is -0.349 e. The molecule has 1 N–H and O–H groups in total. The molecule has 0 saturated heterocycles. The van der Waals surface area contributed by atoms with E-state index in [1.807, 2.05) is 60.7 Å². The van der Waals surface area contributed by atoms with Gasteiger partial charge >= 0.3 is 0 Å². The molecular weight excluding hydrogens is 406 g/mol. The number of nitrogens with one attached hydrogen (secondary N) is 1. The summed E-state index contributed by atoms with van der Waals surface area (Å²) in [5.74, 6) is -0.431. The Balaban J connectivity index is 1.42. The van der Waals surface area contributed by atoms with Crippen molar-refractivity contribution in [2.45, 2.75) is 13.1 Å². The molecule has 4 rings (SSSR count). The number of amides is 1. The van der Waals surface area contributed by atoms with Crippen molar-refractivity contribution in [2.24, 2.45) is 0 Å². The molecule has 0 spiro atoms. The molecule has 2 heterocycles. The maximum Gasteiger partial charge on any atom is 0.271 e. The molecule has 0 saturated carbocycles. The maximum absolute atomic E-state index is 12.5. The highest BCUT2D eigenvalue weighted by Gasteiger charge is 2.10. The van der Waals surface area contributed by atoms with E-state index in [1.165, 1.54) is 27.6 Å². The van der Waals surface area contributed by atoms with Gasteiger partial charge in [0.05, 0.1) is 18.8 Å². The zero-order valence-corrected chi connectivity index (χ0v) is 17.2. The van der Waals surface area contributed by atoms with Crippen LogP contribution in [-0.4, -0.2) is 32.0 Å². The van der Waals surface area contributed by atoms with Gasteiger partial charge in [0.2, 0.25) is 0 Å². The standard InChI is InChI=1S/C24H21N5O3/c30-22-13-11-20(19-9-5-2-6-10-19)26-28(22)16-15-25-24(32)21-12-14-23(31)29(27-21)17-18-7-3-1-4-8-18/h1-14H,15-17H2,(H,25,32). The fraction of sp³-hybridized carbons (Fsp3) is 0.125. The van der Waals surface area contributed by atoms with E-state index in [1.54, 1.807) is 6.07 Å². The molecule has 8 nitrogen and oxygen atoms in total. The minimum absolute atomic E-state index is 0.124. The third kappa shape index (κ3) is 5.04. The topological polar surface area (TPSA) is 98.9 Å². The van der Waals surface area contributed by atoms with Crippen molar-refractivity contribution in [2.75, 3.05) is 6.54 Å². The van der Waals surface area contributed by atoms with E-state index in [0.29, 0.717) is 5.69 Å². The Morgan fingerprint density at radius 3 is 2.16 bits per heavy atom. The number of nitrogens with zero attached hydrogens (tertiary/aromatic N) is 4. The molecule has 0 fully saturated rings. The van der Waals surface area contributed by atoms with E-state index < -0.39 is 5.91 Å². The number of rotatable bonds is 7. The van der Waals surface area contributed by atoms with Crippen LogP contribution in [-0.2, 0) is 13.1 Å². The summed E-state index contributed by atoms with van der Waals surface area (Å²) in [5.41, 5.74) is 2.05. The lowest BCUT2D eigenvalue weighted by Crippen LogP contribution is -2.34. The lowest BCUT2D eigenvalue weighted by Gasteiger charge is -2.09. The van der Waals surface area contributed by atoms with Crippen LogP contribution in [0.5, 0.6) is 0 Å². The SMILES string of the molecule is O=C(NCCn1nc(-c2ccccc2)ccc1=O)c1ccc(=O)n(Cc2ccccc2)n1.